The second-order valence-corrected chi connectivity index (χ2v) is 4.44. The van der Waals surface area contributed by atoms with Gasteiger partial charge < -0.3 is 15.6 Å². The molecule has 0 aromatic heterocycles. The Kier molecular flexibility index (Phi) is 3.62. The monoisotopic (exact) mass is 277 g/mol. The normalized spacial score (nSPS) is 10.2. The van der Waals surface area contributed by atoms with Crippen molar-refractivity contribution in [1.82, 2.24) is 0 Å². The molecule has 0 fully saturated rings. The molecule has 19 heavy (non-hydrogen) atoms. The highest BCUT2D eigenvalue weighted by Crippen LogP contribution is 2.32. The number of amides is 1. The predicted octanol–water partition coefficient (Wildman–Crippen LogP) is 3.25. The molecule has 0 radical (unpaired) electrons. The van der Waals surface area contributed by atoms with Crippen molar-refractivity contribution < 1.29 is 14.6 Å². The van der Waals surface area contributed by atoms with Crippen LogP contribution in [0.25, 0.3) is 0 Å². The molecule has 2 aromatic rings. The zero-order chi connectivity index (χ0) is 14.0. The Balaban J connectivity index is 2.44. The lowest BCUT2D eigenvalue weighted by molar-refractivity contribution is 0.0998. The standard InChI is InChI=1S/C14H12ClNO3/c1-8-11(17)3-2-4-12(8)19-13-6-5-9(15)7-10(13)14(16)18/h2-7,17H,1H3,(H2,16,18). The average Bonchev–Trinajstić information content (AvgIpc) is 2.36. The van der Waals surface area contributed by atoms with Gasteiger partial charge in [0.2, 0.25) is 0 Å². The molecule has 5 heteroatoms. The highest BCUT2D eigenvalue weighted by atomic mass is 35.5. The van der Waals surface area contributed by atoms with Gasteiger partial charge >= 0.3 is 0 Å². The lowest BCUT2D eigenvalue weighted by Gasteiger charge is -2.12. The minimum absolute atomic E-state index is 0.118. The third-order valence-electron chi connectivity index (χ3n) is 2.68. The van der Waals surface area contributed by atoms with Gasteiger partial charge in [0.25, 0.3) is 5.91 Å². The number of aromatic hydroxyl groups is 1. The van der Waals surface area contributed by atoms with Crippen molar-refractivity contribution in [2.45, 2.75) is 6.92 Å². The fraction of sp³-hybridized carbons (Fsp3) is 0.0714. The summed E-state index contributed by atoms with van der Waals surface area (Å²) in [5, 5.41) is 10.0. The number of benzene rings is 2. The first-order chi connectivity index (χ1) is 8.99. The summed E-state index contributed by atoms with van der Waals surface area (Å²) in [5.74, 6) is 0.234. The largest absolute Gasteiger partial charge is 0.508 e. The third-order valence-corrected chi connectivity index (χ3v) is 2.92. The van der Waals surface area contributed by atoms with Crippen LogP contribution >= 0.6 is 11.6 Å². The number of rotatable bonds is 3. The van der Waals surface area contributed by atoms with E-state index in [1.165, 1.54) is 6.07 Å². The second kappa shape index (κ2) is 5.20. The zero-order valence-corrected chi connectivity index (χ0v) is 10.9. The van der Waals surface area contributed by atoms with Gasteiger partial charge in [0, 0.05) is 10.6 Å². The Bertz CT molecular complexity index is 641. The molecule has 2 rings (SSSR count). The highest BCUT2D eigenvalue weighted by Gasteiger charge is 2.13. The summed E-state index contributed by atoms with van der Waals surface area (Å²) in [4.78, 5) is 11.4. The molecular formula is C14H12ClNO3. The van der Waals surface area contributed by atoms with E-state index < -0.39 is 5.91 Å². The number of carbonyl (C=O) groups is 1. The molecule has 1 amide bonds. The van der Waals surface area contributed by atoms with Gasteiger partial charge in [0.1, 0.15) is 17.2 Å². The van der Waals surface area contributed by atoms with Crippen LogP contribution in [0.5, 0.6) is 17.2 Å². The Labute approximate surface area is 115 Å². The van der Waals surface area contributed by atoms with Gasteiger partial charge in [0.05, 0.1) is 5.56 Å². The average molecular weight is 278 g/mol. The molecule has 0 unspecified atom stereocenters. The summed E-state index contributed by atoms with van der Waals surface area (Å²) < 4.78 is 5.62. The molecule has 0 saturated carbocycles. The Morgan fingerprint density at radius 3 is 2.68 bits per heavy atom. The molecule has 0 saturated heterocycles. The minimum Gasteiger partial charge on any atom is -0.508 e. The summed E-state index contributed by atoms with van der Waals surface area (Å²) in [5.41, 5.74) is 6.04. The molecule has 0 atom stereocenters. The van der Waals surface area contributed by atoms with Crippen LogP contribution in [0.2, 0.25) is 5.02 Å². The first-order valence-electron chi connectivity index (χ1n) is 5.55. The van der Waals surface area contributed by atoms with Crippen LogP contribution in [0.4, 0.5) is 0 Å². The first kappa shape index (κ1) is 13.2. The molecule has 2 aromatic carbocycles. The molecule has 0 aliphatic carbocycles. The summed E-state index contributed by atoms with van der Waals surface area (Å²) in [6, 6.07) is 9.50. The molecule has 0 aliphatic heterocycles. The predicted molar refractivity (Wildman–Crippen MR) is 72.9 cm³/mol. The van der Waals surface area contributed by atoms with E-state index in [-0.39, 0.29) is 11.3 Å². The third kappa shape index (κ3) is 2.80. The van der Waals surface area contributed by atoms with Crippen molar-refractivity contribution in [3.63, 3.8) is 0 Å². The maximum Gasteiger partial charge on any atom is 0.252 e. The topological polar surface area (TPSA) is 72.6 Å². The number of phenols is 1. The number of phenolic OH excluding ortho intramolecular Hbond substituents is 1. The van der Waals surface area contributed by atoms with Crippen LogP contribution in [0, 0.1) is 6.92 Å². The Morgan fingerprint density at radius 2 is 2.00 bits per heavy atom. The summed E-state index contributed by atoms with van der Waals surface area (Å²) >= 11 is 5.82. The van der Waals surface area contributed by atoms with E-state index in [1.807, 2.05) is 0 Å². The van der Waals surface area contributed by atoms with Crippen molar-refractivity contribution in [1.29, 1.82) is 0 Å². The first-order valence-corrected chi connectivity index (χ1v) is 5.92. The van der Waals surface area contributed by atoms with E-state index in [9.17, 15) is 9.90 Å². The number of ether oxygens (including phenoxy) is 1. The van der Waals surface area contributed by atoms with Crippen LogP contribution < -0.4 is 10.5 Å². The summed E-state index contributed by atoms with van der Waals surface area (Å²) in [6.45, 7) is 1.71. The Morgan fingerprint density at radius 1 is 1.26 bits per heavy atom. The number of primary amides is 1. The summed E-state index contributed by atoms with van der Waals surface area (Å²) in [6.07, 6.45) is 0. The summed E-state index contributed by atoms with van der Waals surface area (Å²) in [7, 11) is 0. The van der Waals surface area contributed by atoms with Crippen molar-refractivity contribution in [3.8, 4) is 17.2 Å². The highest BCUT2D eigenvalue weighted by molar-refractivity contribution is 6.31. The van der Waals surface area contributed by atoms with Gasteiger partial charge in [0.15, 0.2) is 0 Å². The fourth-order valence-electron chi connectivity index (χ4n) is 1.62. The van der Waals surface area contributed by atoms with Gasteiger partial charge in [-0.05, 0) is 37.3 Å². The maximum atomic E-state index is 11.4. The van der Waals surface area contributed by atoms with Gasteiger partial charge in [-0.1, -0.05) is 17.7 Å². The van der Waals surface area contributed by atoms with Crippen molar-refractivity contribution in [2.75, 3.05) is 0 Å². The van der Waals surface area contributed by atoms with Crippen LogP contribution in [-0.2, 0) is 0 Å². The van der Waals surface area contributed by atoms with Crippen LogP contribution in [0.15, 0.2) is 36.4 Å². The molecule has 0 aliphatic rings. The zero-order valence-electron chi connectivity index (χ0n) is 10.2. The molecule has 0 spiro atoms. The minimum atomic E-state index is -0.629. The van der Waals surface area contributed by atoms with E-state index >= 15 is 0 Å². The van der Waals surface area contributed by atoms with Crippen LogP contribution in [0.1, 0.15) is 15.9 Å². The molecule has 4 nitrogen and oxygen atoms in total. The van der Waals surface area contributed by atoms with Crippen LogP contribution in [0.3, 0.4) is 0 Å². The lowest BCUT2D eigenvalue weighted by Crippen LogP contribution is -2.12. The smallest absolute Gasteiger partial charge is 0.252 e. The molecule has 0 bridgehead atoms. The number of nitrogens with two attached hydrogens (primary N) is 1. The lowest BCUT2D eigenvalue weighted by atomic mass is 10.1. The van der Waals surface area contributed by atoms with E-state index in [4.69, 9.17) is 22.1 Å². The molecule has 0 heterocycles. The molecular weight excluding hydrogens is 266 g/mol. The Hall–Kier alpha value is -2.20. The van der Waals surface area contributed by atoms with E-state index in [0.717, 1.165) is 0 Å². The van der Waals surface area contributed by atoms with Gasteiger partial charge in [-0.3, -0.25) is 4.79 Å². The fourth-order valence-corrected chi connectivity index (χ4v) is 1.79. The van der Waals surface area contributed by atoms with Crippen molar-refractivity contribution in [3.05, 3.63) is 52.5 Å². The van der Waals surface area contributed by atoms with E-state index in [1.54, 1.807) is 37.3 Å². The SMILES string of the molecule is Cc1c(O)cccc1Oc1ccc(Cl)cc1C(N)=O. The second-order valence-electron chi connectivity index (χ2n) is 4.01. The van der Waals surface area contributed by atoms with Crippen LogP contribution in [-0.4, -0.2) is 11.0 Å². The quantitative estimate of drug-likeness (QED) is 0.904. The van der Waals surface area contributed by atoms with Crippen molar-refractivity contribution in [2.24, 2.45) is 5.73 Å². The van der Waals surface area contributed by atoms with E-state index in [2.05, 4.69) is 0 Å². The molecule has 3 N–H and O–H groups in total. The maximum absolute atomic E-state index is 11.4. The van der Waals surface area contributed by atoms with Gasteiger partial charge in [-0.25, -0.2) is 0 Å². The van der Waals surface area contributed by atoms with Gasteiger partial charge in [-0.2, -0.15) is 0 Å². The number of carbonyl (C=O) groups excluding carboxylic acids is 1. The van der Waals surface area contributed by atoms with Crippen molar-refractivity contribution >= 4 is 17.5 Å². The van der Waals surface area contributed by atoms with Gasteiger partial charge in [-0.15, -0.1) is 0 Å². The van der Waals surface area contributed by atoms with E-state index in [0.29, 0.717) is 22.1 Å². The number of halogens is 1. The number of hydrogen-bond donors (Lipinski definition) is 2. The molecule has 98 valence electrons. The number of hydrogen-bond acceptors (Lipinski definition) is 3.